The Bertz CT molecular complexity index is 1100. The Morgan fingerprint density at radius 3 is 2.34 bits per heavy atom. The van der Waals surface area contributed by atoms with Crippen LogP contribution in [0.15, 0.2) is 48.5 Å². The first-order valence-electron chi connectivity index (χ1n) is 11.6. The van der Waals surface area contributed by atoms with E-state index in [4.69, 9.17) is 14.3 Å². The molecule has 1 saturated heterocycles. The summed E-state index contributed by atoms with van der Waals surface area (Å²) in [5.74, 6) is -0.999. The lowest BCUT2D eigenvalue weighted by molar-refractivity contribution is -0.176. The van der Waals surface area contributed by atoms with Gasteiger partial charge in [0.05, 0.1) is 19.2 Å². The predicted octanol–water partition coefficient (Wildman–Crippen LogP) is 3.37. The van der Waals surface area contributed by atoms with Crippen LogP contribution in [0.4, 0.5) is 10.5 Å². The number of hydroxylamine groups is 2. The van der Waals surface area contributed by atoms with Crippen molar-refractivity contribution in [3.8, 4) is 0 Å². The minimum atomic E-state index is -0.770. The summed E-state index contributed by atoms with van der Waals surface area (Å²) in [5, 5.41) is 1.40. The molecule has 2 aliphatic rings. The number of esters is 1. The summed E-state index contributed by atoms with van der Waals surface area (Å²) < 4.78 is 10.5. The second kappa shape index (κ2) is 9.95. The van der Waals surface area contributed by atoms with E-state index in [1.165, 1.54) is 12.2 Å². The largest absolute Gasteiger partial charge is 0.468 e. The highest BCUT2D eigenvalue weighted by atomic mass is 16.7. The number of rotatable bonds is 4. The maximum Gasteiger partial charge on any atom is 0.410 e. The minimum Gasteiger partial charge on any atom is -0.468 e. The molecule has 35 heavy (non-hydrogen) atoms. The summed E-state index contributed by atoms with van der Waals surface area (Å²) in [4.78, 5) is 46.9. The van der Waals surface area contributed by atoms with Gasteiger partial charge in [-0.15, -0.1) is 5.06 Å². The number of fused-ring (bicyclic) bond motifs is 1. The van der Waals surface area contributed by atoms with Crippen LogP contribution in [0.5, 0.6) is 0 Å². The molecule has 2 aromatic rings. The Morgan fingerprint density at radius 1 is 0.943 bits per heavy atom. The number of amides is 1. The van der Waals surface area contributed by atoms with Crippen molar-refractivity contribution in [2.75, 3.05) is 31.6 Å². The number of nitrogens with zero attached hydrogens (tertiary/aromatic N) is 3. The van der Waals surface area contributed by atoms with E-state index in [1.54, 1.807) is 29.2 Å². The number of hydrogen-bond donors (Lipinski definition) is 0. The standard InChI is InChI=1S/C26H31N3O6/c1-26(2,3)34-25(32)28-15-19-10-11-21(14-20(19)16-28)27-12-13-29(22(17-27)24(31)33-4)35-23(30)18-8-6-5-7-9-18/h5-11,14,22H,12-13,15-17H2,1-4H3. The molecular weight excluding hydrogens is 450 g/mol. The molecular formula is C26H31N3O6. The molecule has 0 spiro atoms. The molecule has 4 rings (SSSR count). The number of carbonyl (C=O) groups excluding carboxylic acids is 3. The molecule has 9 heteroatoms. The quantitative estimate of drug-likeness (QED) is 0.615. The van der Waals surface area contributed by atoms with Gasteiger partial charge >= 0.3 is 18.0 Å². The molecule has 0 saturated carbocycles. The van der Waals surface area contributed by atoms with E-state index in [2.05, 4.69) is 4.90 Å². The number of anilines is 1. The molecule has 0 bridgehead atoms. The first kappa shape index (κ1) is 24.5. The topological polar surface area (TPSA) is 88.6 Å². The zero-order valence-electron chi connectivity index (χ0n) is 20.5. The lowest BCUT2D eigenvalue weighted by Gasteiger charge is -2.39. The number of carbonyl (C=O) groups is 3. The number of benzene rings is 2. The predicted molar refractivity (Wildman–Crippen MR) is 129 cm³/mol. The summed E-state index contributed by atoms with van der Waals surface area (Å²) in [6.07, 6.45) is -0.338. The van der Waals surface area contributed by atoms with Gasteiger partial charge in [-0.1, -0.05) is 24.3 Å². The molecule has 0 aromatic heterocycles. The monoisotopic (exact) mass is 481 g/mol. The Morgan fingerprint density at radius 2 is 1.66 bits per heavy atom. The molecule has 1 atom stereocenters. The molecule has 9 nitrogen and oxygen atoms in total. The van der Waals surface area contributed by atoms with Crippen LogP contribution in [0.3, 0.4) is 0 Å². The molecule has 1 fully saturated rings. The average molecular weight is 482 g/mol. The van der Waals surface area contributed by atoms with Gasteiger partial charge < -0.3 is 19.2 Å². The number of ether oxygens (including phenoxy) is 2. The van der Waals surface area contributed by atoms with Crippen molar-refractivity contribution in [3.63, 3.8) is 0 Å². The number of hydrogen-bond acceptors (Lipinski definition) is 8. The summed E-state index contributed by atoms with van der Waals surface area (Å²) in [7, 11) is 1.32. The van der Waals surface area contributed by atoms with Crippen LogP contribution in [0, 0.1) is 0 Å². The van der Waals surface area contributed by atoms with Gasteiger partial charge in [0.25, 0.3) is 0 Å². The zero-order valence-corrected chi connectivity index (χ0v) is 20.5. The van der Waals surface area contributed by atoms with Gasteiger partial charge in [-0.05, 0) is 56.2 Å². The highest BCUT2D eigenvalue weighted by Crippen LogP contribution is 2.30. The van der Waals surface area contributed by atoms with Gasteiger partial charge in [0, 0.05) is 31.9 Å². The first-order valence-corrected chi connectivity index (χ1v) is 11.6. The van der Waals surface area contributed by atoms with Crippen molar-refractivity contribution in [1.29, 1.82) is 0 Å². The fourth-order valence-corrected chi connectivity index (χ4v) is 4.20. The summed E-state index contributed by atoms with van der Waals surface area (Å²) in [6, 6.07) is 13.9. The van der Waals surface area contributed by atoms with Gasteiger partial charge in [0.2, 0.25) is 0 Å². The lowest BCUT2D eigenvalue weighted by atomic mass is 10.1. The van der Waals surface area contributed by atoms with E-state index in [-0.39, 0.29) is 6.09 Å². The molecule has 186 valence electrons. The fourth-order valence-electron chi connectivity index (χ4n) is 4.20. The maximum absolute atomic E-state index is 12.6. The van der Waals surface area contributed by atoms with Crippen LogP contribution < -0.4 is 4.90 Å². The van der Waals surface area contributed by atoms with Crippen LogP contribution in [0.25, 0.3) is 0 Å². The average Bonchev–Trinajstić information content (AvgIpc) is 3.27. The van der Waals surface area contributed by atoms with Gasteiger partial charge in [0.15, 0.2) is 6.04 Å². The van der Waals surface area contributed by atoms with Gasteiger partial charge in [-0.3, -0.25) is 9.69 Å². The molecule has 2 aliphatic heterocycles. The van der Waals surface area contributed by atoms with Crippen molar-refractivity contribution < 1.29 is 28.7 Å². The second-order valence-corrected chi connectivity index (χ2v) is 9.66. The molecule has 2 aromatic carbocycles. The third-order valence-electron chi connectivity index (χ3n) is 5.94. The van der Waals surface area contributed by atoms with Gasteiger partial charge in [0.1, 0.15) is 5.60 Å². The van der Waals surface area contributed by atoms with E-state index in [1.807, 2.05) is 45.0 Å². The smallest absolute Gasteiger partial charge is 0.410 e. The lowest BCUT2D eigenvalue weighted by Crippen LogP contribution is -2.57. The van der Waals surface area contributed by atoms with E-state index in [9.17, 15) is 14.4 Å². The highest BCUT2D eigenvalue weighted by molar-refractivity contribution is 5.89. The molecule has 1 unspecified atom stereocenters. The Labute approximate surface area is 205 Å². The molecule has 0 N–H and O–H groups in total. The van der Waals surface area contributed by atoms with E-state index in [0.29, 0.717) is 38.3 Å². The van der Waals surface area contributed by atoms with Gasteiger partial charge in [-0.2, -0.15) is 0 Å². The number of piperazine rings is 1. The van der Waals surface area contributed by atoms with Crippen molar-refractivity contribution in [3.05, 3.63) is 65.2 Å². The van der Waals surface area contributed by atoms with E-state index >= 15 is 0 Å². The van der Waals surface area contributed by atoms with Crippen LogP contribution >= 0.6 is 0 Å². The van der Waals surface area contributed by atoms with Crippen molar-refractivity contribution in [1.82, 2.24) is 9.96 Å². The molecule has 2 heterocycles. The maximum atomic E-state index is 12.6. The SMILES string of the molecule is COC(=O)C1CN(c2ccc3c(c2)CN(C(=O)OC(C)(C)C)C3)CCN1OC(=O)c1ccccc1. The van der Waals surface area contributed by atoms with Crippen molar-refractivity contribution in [2.24, 2.45) is 0 Å². The molecule has 0 aliphatic carbocycles. The van der Waals surface area contributed by atoms with Crippen molar-refractivity contribution in [2.45, 2.75) is 45.5 Å². The summed E-state index contributed by atoms with van der Waals surface area (Å²) in [6.45, 7) is 7.68. The zero-order chi connectivity index (χ0) is 25.2. The van der Waals surface area contributed by atoms with Crippen LogP contribution in [0.1, 0.15) is 42.3 Å². The summed E-state index contributed by atoms with van der Waals surface area (Å²) >= 11 is 0. The number of methoxy groups -OCH3 is 1. The van der Waals surface area contributed by atoms with Crippen LogP contribution in [-0.2, 0) is 32.2 Å². The van der Waals surface area contributed by atoms with E-state index < -0.39 is 23.6 Å². The fraction of sp³-hybridized carbons (Fsp3) is 0.423. The molecule has 1 amide bonds. The second-order valence-electron chi connectivity index (χ2n) is 9.66. The first-order chi connectivity index (χ1) is 16.6. The summed E-state index contributed by atoms with van der Waals surface area (Å²) in [5.41, 5.74) is 2.90. The van der Waals surface area contributed by atoms with Crippen LogP contribution in [-0.4, -0.2) is 66.4 Å². The minimum absolute atomic E-state index is 0.295. The Balaban J connectivity index is 1.45. The highest BCUT2D eigenvalue weighted by Gasteiger charge is 2.37. The third-order valence-corrected chi connectivity index (χ3v) is 5.94. The van der Waals surface area contributed by atoms with Gasteiger partial charge in [-0.25, -0.2) is 9.59 Å². The Kier molecular flexibility index (Phi) is 6.98. The Hall–Kier alpha value is -3.59. The normalized spacial score (nSPS) is 18.1. The third kappa shape index (κ3) is 5.74. The van der Waals surface area contributed by atoms with Crippen LogP contribution in [0.2, 0.25) is 0 Å². The van der Waals surface area contributed by atoms with Crippen molar-refractivity contribution >= 4 is 23.7 Å². The van der Waals surface area contributed by atoms with E-state index in [0.717, 1.165) is 16.8 Å². The molecule has 0 radical (unpaired) electrons.